The monoisotopic (exact) mass is 255 g/mol. The van der Waals surface area contributed by atoms with Crippen molar-refractivity contribution in [3.63, 3.8) is 0 Å². The lowest BCUT2D eigenvalue weighted by atomic mass is 9.94. The Morgan fingerprint density at radius 2 is 1.79 bits per heavy atom. The molecule has 0 radical (unpaired) electrons. The van der Waals surface area contributed by atoms with E-state index >= 15 is 0 Å². The van der Waals surface area contributed by atoms with Crippen LogP contribution in [0.3, 0.4) is 0 Å². The normalized spacial score (nSPS) is 24.0. The number of hydrogen-bond acceptors (Lipinski definition) is 1. The van der Waals surface area contributed by atoms with E-state index in [4.69, 9.17) is 0 Å². The molecule has 1 aromatic carbocycles. The largest absolute Gasteiger partial charge is 0.339 e. The van der Waals surface area contributed by atoms with Gasteiger partial charge in [0, 0.05) is 12.6 Å². The van der Waals surface area contributed by atoms with Gasteiger partial charge in [-0.15, -0.1) is 0 Å². The van der Waals surface area contributed by atoms with Gasteiger partial charge < -0.3 is 4.90 Å². The molecular formula is C17H21NO. The summed E-state index contributed by atoms with van der Waals surface area (Å²) in [6.45, 7) is 1.03. The molecule has 3 fully saturated rings. The molecule has 0 aliphatic heterocycles. The number of benzene rings is 1. The molecule has 1 amide bonds. The van der Waals surface area contributed by atoms with Crippen LogP contribution in [0.15, 0.2) is 30.3 Å². The molecule has 3 aliphatic carbocycles. The quantitative estimate of drug-likeness (QED) is 0.791. The Morgan fingerprint density at radius 1 is 1.11 bits per heavy atom. The zero-order chi connectivity index (χ0) is 12.9. The summed E-state index contributed by atoms with van der Waals surface area (Å²) in [7, 11) is 0. The molecule has 3 saturated carbocycles. The van der Waals surface area contributed by atoms with Crippen LogP contribution in [0, 0.1) is 5.92 Å². The van der Waals surface area contributed by atoms with Gasteiger partial charge in [-0.25, -0.2) is 0 Å². The summed E-state index contributed by atoms with van der Waals surface area (Å²) in [5, 5.41) is 0. The smallest absolute Gasteiger partial charge is 0.233 e. The third-order valence-electron chi connectivity index (χ3n) is 4.89. The number of carbonyl (C=O) groups excluding carboxylic acids is 1. The fraction of sp³-hybridized carbons (Fsp3) is 0.588. The van der Waals surface area contributed by atoms with Crippen LogP contribution >= 0.6 is 0 Å². The molecule has 1 aromatic rings. The first-order valence-corrected chi connectivity index (χ1v) is 7.66. The van der Waals surface area contributed by atoms with Crippen molar-refractivity contribution in [1.29, 1.82) is 0 Å². The Kier molecular flexibility index (Phi) is 2.48. The second-order valence-electron chi connectivity index (χ2n) is 6.58. The van der Waals surface area contributed by atoms with E-state index in [9.17, 15) is 4.79 Å². The number of rotatable bonds is 5. The fourth-order valence-electron chi connectivity index (χ4n) is 3.15. The van der Waals surface area contributed by atoms with E-state index < -0.39 is 0 Å². The number of nitrogens with zero attached hydrogens (tertiary/aromatic N) is 1. The standard InChI is InChI=1S/C17H21NO/c19-16(18(15-8-9-15)12-13-6-7-13)17(10-11-17)14-4-2-1-3-5-14/h1-5,13,15H,6-12H2. The number of amides is 1. The van der Waals surface area contributed by atoms with Gasteiger partial charge in [0.05, 0.1) is 5.41 Å². The molecule has 0 bridgehead atoms. The Balaban J connectivity index is 1.58. The van der Waals surface area contributed by atoms with Crippen molar-refractivity contribution in [2.45, 2.75) is 50.0 Å². The van der Waals surface area contributed by atoms with Crippen LogP contribution in [0.2, 0.25) is 0 Å². The van der Waals surface area contributed by atoms with Crippen LogP contribution in [0.4, 0.5) is 0 Å². The highest BCUT2D eigenvalue weighted by Crippen LogP contribution is 2.51. The maximum Gasteiger partial charge on any atom is 0.233 e. The van der Waals surface area contributed by atoms with Crippen LogP contribution in [-0.2, 0) is 10.2 Å². The first-order chi connectivity index (χ1) is 9.29. The van der Waals surface area contributed by atoms with Gasteiger partial charge in [-0.3, -0.25) is 4.79 Å². The van der Waals surface area contributed by atoms with Crippen molar-refractivity contribution in [2.75, 3.05) is 6.54 Å². The van der Waals surface area contributed by atoms with Crippen molar-refractivity contribution in [3.8, 4) is 0 Å². The summed E-state index contributed by atoms with van der Waals surface area (Å²) in [4.78, 5) is 15.2. The van der Waals surface area contributed by atoms with Crippen molar-refractivity contribution in [3.05, 3.63) is 35.9 Å². The van der Waals surface area contributed by atoms with Crippen LogP contribution in [0.1, 0.15) is 44.1 Å². The lowest BCUT2D eigenvalue weighted by molar-refractivity contribution is -0.134. The summed E-state index contributed by atoms with van der Waals surface area (Å²) in [5.74, 6) is 1.23. The Bertz CT molecular complexity index is 483. The van der Waals surface area contributed by atoms with Gasteiger partial charge in [0.25, 0.3) is 0 Å². The van der Waals surface area contributed by atoms with Gasteiger partial charge in [-0.2, -0.15) is 0 Å². The van der Waals surface area contributed by atoms with Crippen molar-refractivity contribution >= 4 is 5.91 Å². The van der Waals surface area contributed by atoms with E-state index in [1.807, 2.05) is 6.07 Å². The minimum Gasteiger partial charge on any atom is -0.339 e. The molecular weight excluding hydrogens is 234 g/mol. The minimum absolute atomic E-state index is 0.154. The van der Waals surface area contributed by atoms with E-state index in [0.29, 0.717) is 11.9 Å². The van der Waals surface area contributed by atoms with Gasteiger partial charge >= 0.3 is 0 Å². The average Bonchev–Trinajstić information content (AvgIpc) is 3.29. The van der Waals surface area contributed by atoms with Crippen LogP contribution in [0.25, 0.3) is 0 Å². The summed E-state index contributed by atoms with van der Waals surface area (Å²) in [6.07, 6.45) is 7.20. The van der Waals surface area contributed by atoms with E-state index in [2.05, 4.69) is 29.2 Å². The molecule has 0 heterocycles. The van der Waals surface area contributed by atoms with Crippen molar-refractivity contribution in [1.82, 2.24) is 4.90 Å². The van der Waals surface area contributed by atoms with Crippen molar-refractivity contribution in [2.24, 2.45) is 5.92 Å². The zero-order valence-electron chi connectivity index (χ0n) is 11.3. The highest BCUT2D eigenvalue weighted by atomic mass is 16.2. The predicted octanol–water partition coefficient (Wildman–Crippen LogP) is 3.12. The molecule has 0 atom stereocenters. The first kappa shape index (κ1) is 11.5. The topological polar surface area (TPSA) is 20.3 Å². The molecule has 100 valence electrons. The number of carbonyl (C=O) groups is 1. The van der Waals surface area contributed by atoms with E-state index in [-0.39, 0.29) is 5.41 Å². The minimum atomic E-state index is -0.154. The highest BCUT2D eigenvalue weighted by Gasteiger charge is 2.55. The van der Waals surface area contributed by atoms with E-state index in [0.717, 1.165) is 25.3 Å². The molecule has 0 unspecified atom stereocenters. The van der Waals surface area contributed by atoms with Crippen molar-refractivity contribution < 1.29 is 4.79 Å². The lowest BCUT2D eigenvalue weighted by Gasteiger charge is -2.28. The molecule has 0 aromatic heterocycles. The van der Waals surface area contributed by atoms with Gasteiger partial charge in [0.1, 0.15) is 0 Å². The lowest BCUT2D eigenvalue weighted by Crippen LogP contribution is -2.42. The molecule has 4 rings (SSSR count). The second kappa shape index (κ2) is 4.09. The average molecular weight is 255 g/mol. The van der Waals surface area contributed by atoms with Crippen LogP contribution in [0.5, 0.6) is 0 Å². The number of hydrogen-bond donors (Lipinski definition) is 0. The second-order valence-corrected chi connectivity index (χ2v) is 6.58. The van der Waals surface area contributed by atoms with Gasteiger partial charge in [-0.05, 0) is 50.0 Å². The zero-order valence-corrected chi connectivity index (χ0v) is 11.3. The fourth-order valence-corrected chi connectivity index (χ4v) is 3.15. The first-order valence-electron chi connectivity index (χ1n) is 7.66. The molecule has 2 heteroatoms. The third kappa shape index (κ3) is 2.07. The molecule has 19 heavy (non-hydrogen) atoms. The van der Waals surface area contributed by atoms with Gasteiger partial charge in [-0.1, -0.05) is 30.3 Å². The molecule has 0 spiro atoms. The Morgan fingerprint density at radius 3 is 2.32 bits per heavy atom. The Hall–Kier alpha value is -1.31. The summed E-state index contributed by atoms with van der Waals surface area (Å²) >= 11 is 0. The van der Waals surface area contributed by atoms with E-state index in [1.54, 1.807) is 0 Å². The molecule has 0 saturated heterocycles. The molecule has 3 aliphatic rings. The summed E-state index contributed by atoms with van der Waals surface area (Å²) in [5.41, 5.74) is 1.08. The van der Waals surface area contributed by atoms with E-state index in [1.165, 1.54) is 31.2 Å². The molecule has 2 nitrogen and oxygen atoms in total. The van der Waals surface area contributed by atoms with Crippen LogP contribution in [-0.4, -0.2) is 23.4 Å². The third-order valence-corrected chi connectivity index (χ3v) is 4.89. The summed E-state index contributed by atoms with van der Waals surface area (Å²) < 4.78 is 0. The Labute approximate surface area is 114 Å². The van der Waals surface area contributed by atoms with Crippen LogP contribution < -0.4 is 0 Å². The predicted molar refractivity (Wildman–Crippen MR) is 74.8 cm³/mol. The maximum absolute atomic E-state index is 13.0. The van der Waals surface area contributed by atoms with Gasteiger partial charge in [0.15, 0.2) is 0 Å². The SMILES string of the molecule is O=C(N(CC1CC1)C1CC1)C1(c2ccccc2)CC1. The highest BCUT2D eigenvalue weighted by molar-refractivity contribution is 5.91. The summed E-state index contributed by atoms with van der Waals surface area (Å²) in [6, 6.07) is 11.0. The molecule has 0 N–H and O–H groups in total. The maximum atomic E-state index is 13.0. The van der Waals surface area contributed by atoms with Gasteiger partial charge in [0.2, 0.25) is 5.91 Å².